The molecule has 3 aromatic rings. The molecular formula is C27H28F6N4O6. The number of halogens is 6. The maximum atomic E-state index is 10.6. The molecule has 0 amide bonds. The van der Waals surface area contributed by atoms with Gasteiger partial charge in [0, 0.05) is 57.9 Å². The Balaban J connectivity index is 0.000000303. The van der Waals surface area contributed by atoms with Crippen LogP contribution in [-0.2, 0) is 33.0 Å². The number of nitrogens with zero attached hydrogens (tertiary/aromatic N) is 4. The first-order valence-electron chi connectivity index (χ1n) is 12.7. The highest BCUT2D eigenvalue weighted by atomic mass is 19.4. The molecule has 2 N–H and O–H groups in total. The minimum atomic E-state index is -5.08. The Hall–Kier alpha value is -4.18. The van der Waals surface area contributed by atoms with Gasteiger partial charge in [-0.2, -0.15) is 26.3 Å². The normalized spacial score (nSPS) is 15.5. The van der Waals surface area contributed by atoms with E-state index in [1.807, 2.05) is 30.7 Å². The van der Waals surface area contributed by atoms with Crippen molar-refractivity contribution < 1.29 is 55.6 Å². The van der Waals surface area contributed by atoms with E-state index >= 15 is 0 Å². The van der Waals surface area contributed by atoms with Gasteiger partial charge in [-0.3, -0.25) is 9.88 Å². The molecular weight excluding hydrogens is 590 g/mol. The predicted molar refractivity (Wildman–Crippen MR) is 138 cm³/mol. The summed E-state index contributed by atoms with van der Waals surface area (Å²) in [6.45, 7) is 4.25. The number of pyridine rings is 1. The van der Waals surface area contributed by atoms with Crippen LogP contribution in [0.15, 0.2) is 55.0 Å². The van der Waals surface area contributed by atoms with E-state index in [1.54, 1.807) is 7.11 Å². The van der Waals surface area contributed by atoms with E-state index in [0.29, 0.717) is 6.61 Å². The molecule has 1 fully saturated rings. The van der Waals surface area contributed by atoms with Gasteiger partial charge in [0.2, 0.25) is 0 Å². The highest BCUT2D eigenvalue weighted by molar-refractivity contribution is 5.73. The van der Waals surface area contributed by atoms with Crippen LogP contribution in [0.2, 0.25) is 0 Å². The summed E-state index contributed by atoms with van der Waals surface area (Å²) >= 11 is 0. The van der Waals surface area contributed by atoms with Crippen LogP contribution in [-0.4, -0.2) is 80.7 Å². The van der Waals surface area contributed by atoms with Crippen molar-refractivity contribution in [3.63, 3.8) is 0 Å². The summed E-state index contributed by atoms with van der Waals surface area (Å²) in [4.78, 5) is 29.5. The molecule has 2 aliphatic rings. The molecule has 2 aromatic heterocycles. The number of hydrogen-bond acceptors (Lipinski definition) is 7. The molecule has 16 heteroatoms. The molecule has 5 rings (SSSR count). The summed E-state index contributed by atoms with van der Waals surface area (Å²) in [5.74, 6) is -4.57. The number of likely N-dealkylation sites (tertiary alicyclic amines) is 1. The van der Waals surface area contributed by atoms with Gasteiger partial charge >= 0.3 is 24.3 Å². The highest BCUT2D eigenvalue weighted by Crippen LogP contribution is 2.49. The van der Waals surface area contributed by atoms with Crippen LogP contribution in [0, 0.1) is 0 Å². The Labute approximate surface area is 241 Å². The van der Waals surface area contributed by atoms with Crippen molar-refractivity contribution in [1.82, 2.24) is 19.4 Å². The number of piperidine rings is 1. The number of methoxy groups -OCH3 is 1. The summed E-state index contributed by atoms with van der Waals surface area (Å²) in [6, 6.07) is 14.4. The average Bonchev–Trinajstić information content (AvgIpc) is 3.39. The third kappa shape index (κ3) is 8.67. The lowest BCUT2D eigenvalue weighted by Gasteiger charge is -2.44. The third-order valence-corrected chi connectivity index (χ3v) is 6.51. The van der Waals surface area contributed by atoms with Crippen LogP contribution < -0.4 is 4.74 Å². The van der Waals surface area contributed by atoms with E-state index in [1.165, 1.54) is 5.69 Å². The molecule has 0 radical (unpaired) electrons. The second-order valence-electron chi connectivity index (χ2n) is 9.42. The Morgan fingerprint density at radius 1 is 0.953 bits per heavy atom. The third-order valence-electron chi connectivity index (χ3n) is 6.51. The van der Waals surface area contributed by atoms with Crippen LogP contribution in [0.1, 0.15) is 24.2 Å². The zero-order chi connectivity index (χ0) is 31.8. The molecule has 0 bridgehead atoms. The molecule has 0 saturated carbocycles. The molecule has 1 spiro atoms. The fraction of sp³-hybridized carbons (Fsp3) is 0.407. The van der Waals surface area contributed by atoms with Crippen molar-refractivity contribution in [1.29, 1.82) is 0 Å². The zero-order valence-electron chi connectivity index (χ0n) is 22.7. The zero-order valence-corrected chi connectivity index (χ0v) is 22.7. The molecule has 1 aromatic carbocycles. The second kappa shape index (κ2) is 13.9. The Bertz CT molecular complexity index is 1350. The Morgan fingerprint density at radius 3 is 2.07 bits per heavy atom. The van der Waals surface area contributed by atoms with E-state index in [-0.39, 0.29) is 5.60 Å². The summed E-state index contributed by atoms with van der Waals surface area (Å²) in [5, 5.41) is 14.2. The highest BCUT2D eigenvalue weighted by Gasteiger charge is 2.46. The molecule has 1 saturated heterocycles. The summed E-state index contributed by atoms with van der Waals surface area (Å²) in [6.07, 6.45) is -4.50. The smallest absolute Gasteiger partial charge is 0.480 e. The topological polar surface area (TPSA) is 127 Å². The molecule has 2 aliphatic heterocycles. The van der Waals surface area contributed by atoms with E-state index in [2.05, 4.69) is 38.7 Å². The number of hydrogen-bond donors (Lipinski definition) is 2. The number of carboxylic acid groups (broad SMARTS) is 2. The van der Waals surface area contributed by atoms with E-state index in [9.17, 15) is 26.3 Å². The van der Waals surface area contributed by atoms with E-state index < -0.39 is 24.3 Å². The number of aromatic nitrogens is 3. The van der Waals surface area contributed by atoms with Gasteiger partial charge in [0.25, 0.3) is 0 Å². The maximum absolute atomic E-state index is 10.6. The van der Waals surface area contributed by atoms with Gasteiger partial charge < -0.3 is 24.3 Å². The van der Waals surface area contributed by atoms with Gasteiger partial charge in [-0.25, -0.2) is 14.6 Å². The largest absolute Gasteiger partial charge is 0.490 e. The number of para-hydroxylation sites is 1. The van der Waals surface area contributed by atoms with Crippen molar-refractivity contribution in [3.8, 4) is 17.0 Å². The number of imidazole rings is 1. The molecule has 10 nitrogen and oxygen atoms in total. The van der Waals surface area contributed by atoms with Gasteiger partial charge in [-0.05, 0) is 24.3 Å². The lowest BCUT2D eigenvalue weighted by Crippen LogP contribution is -2.48. The van der Waals surface area contributed by atoms with Crippen LogP contribution >= 0.6 is 0 Å². The SMILES string of the molecule is COCCn1cnc2c1C1(CCN(Cc3ccccn3)CC1)Oc1ccccc1-2.O=C(O)C(F)(F)F.O=C(O)C(F)(F)F. The molecule has 43 heavy (non-hydrogen) atoms. The van der Waals surface area contributed by atoms with Crippen LogP contribution in [0.3, 0.4) is 0 Å². The lowest BCUT2D eigenvalue weighted by molar-refractivity contribution is -0.193. The number of benzene rings is 1. The van der Waals surface area contributed by atoms with Crippen molar-refractivity contribution >= 4 is 11.9 Å². The van der Waals surface area contributed by atoms with Crippen LogP contribution in [0.5, 0.6) is 5.75 Å². The summed E-state index contributed by atoms with van der Waals surface area (Å²) in [7, 11) is 1.74. The molecule has 0 atom stereocenters. The number of carbonyl (C=O) groups is 2. The Kier molecular flexibility index (Phi) is 10.7. The standard InChI is InChI=1S/C23H26N4O2.2C2HF3O2/c1-28-15-14-27-17-25-21-19-7-2-3-8-20(19)29-23(22(21)27)9-12-26(13-10-23)16-18-6-4-5-11-24-18;2*3-2(4,5)1(6)7/h2-8,11,17H,9-10,12-16H2,1H3;2*(H,6,7). The number of fused-ring (bicyclic) bond motifs is 4. The fourth-order valence-electron chi connectivity index (χ4n) is 4.56. The first-order valence-corrected chi connectivity index (χ1v) is 12.7. The van der Waals surface area contributed by atoms with Gasteiger partial charge in [-0.1, -0.05) is 18.2 Å². The lowest BCUT2D eigenvalue weighted by atomic mass is 9.83. The van der Waals surface area contributed by atoms with Crippen LogP contribution in [0.4, 0.5) is 26.3 Å². The van der Waals surface area contributed by atoms with Gasteiger partial charge in [0.05, 0.1) is 30.0 Å². The van der Waals surface area contributed by atoms with Crippen molar-refractivity contribution in [2.45, 2.75) is 43.9 Å². The fourth-order valence-corrected chi connectivity index (χ4v) is 4.56. The number of rotatable bonds is 5. The van der Waals surface area contributed by atoms with Gasteiger partial charge in [-0.15, -0.1) is 0 Å². The second-order valence-corrected chi connectivity index (χ2v) is 9.42. The van der Waals surface area contributed by atoms with Crippen molar-refractivity contribution in [2.75, 3.05) is 26.8 Å². The van der Waals surface area contributed by atoms with Gasteiger partial charge in [0.15, 0.2) is 5.60 Å². The van der Waals surface area contributed by atoms with Crippen molar-refractivity contribution in [3.05, 3.63) is 66.4 Å². The molecule has 0 aliphatic carbocycles. The predicted octanol–water partition coefficient (Wildman–Crippen LogP) is 4.74. The van der Waals surface area contributed by atoms with Crippen molar-refractivity contribution in [2.24, 2.45) is 0 Å². The molecule has 0 unspecified atom stereocenters. The number of aliphatic carboxylic acids is 2. The Morgan fingerprint density at radius 2 is 1.53 bits per heavy atom. The maximum Gasteiger partial charge on any atom is 0.490 e. The first kappa shape index (κ1) is 33.3. The van der Waals surface area contributed by atoms with E-state index in [4.69, 9.17) is 34.3 Å². The average molecular weight is 619 g/mol. The minimum absolute atomic E-state index is 0.339. The number of carboxylic acids is 2. The monoisotopic (exact) mass is 618 g/mol. The summed E-state index contributed by atoms with van der Waals surface area (Å²) < 4.78 is 77.7. The first-order chi connectivity index (χ1) is 20.2. The van der Waals surface area contributed by atoms with Gasteiger partial charge in [0.1, 0.15) is 5.75 Å². The summed E-state index contributed by atoms with van der Waals surface area (Å²) in [5.41, 5.74) is 4.12. The molecule has 4 heterocycles. The number of ether oxygens (including phenoxy) is 2. The molecule has 234 valence electrons. The van der Waals surface area contributed by atoms with Crippen LogP contribution in [0.25, 0.3) is 11.3 Å². The van der Waals surface area contributed by atoms with E-state index in [0.717, 1.165) is 61.7 Å². The quantitative estimate of drug-likeness (QED) is 0.390. The number of alkyl halides is 6. The minimum Gasteiger partial charge on any atom is -0.480 e.